The highest BCUT2D eigenvalue weighted by atomic mass is 32.3. The van der Waals surface area contributed by atoms with Crippen molar-refractivity contribution in [3.05, 3.63) is 0 Å². The van der Waals surface area contributed by atoms with E-state index in [0.717, 1.165) is 0 Å². The standard InChI is InChI=1S/C4H5NO9S2.C4H5NO3/c6-2-1-4(15(9,10)11,16(12,13)14)3(7)5(2)8;6-3-1-2-4(7)5(3)8/h8H,1H2,(H,9,10,11)(H,12,13,14);8H,1-2H2. The molecule has 2 aliphatic rings. The van der Waals surface area contributed by atoms with Gasteiger partial charge in [0.15, 0.2) is 0 Å². The average Bonchev–Trinajstić information content (AvgIpc) is 2.84. The minimum absolute atomic E-state index is 0.148. The lowest BCUT2D eigenvalue weighted by Crippen LogP contribution is -2.51. The second kappa shape index (κ2) is 6.15. The Labute approximate surface area is 133 Å². The van der Waals surface area contributed by atoms with Gasteiger partial charge >= 0.3 is 4.08 Å². The van der Waals surface area contributed by atoms with Crippen molar-refractivity contribution in [2.24, 2.45) is 0 Å². The number of rotatable bonds is 2. The molecule has 2 heterocycles. The molecule has 0 spiro atoms. The van der Waals surface area contributed by atoms with E-state index in [-0.39, 0.29) is 17.9 Å². The minimum atomic E-state index is -5.65. The van der Waals surface area contributed by atoms with E-state index in [4.69, 9.17) is 19.5 Å². The first-order valence-corrected chi connectivity index (χ1v) is 8.60. The van der Waals surface area contributed by atoms with Crippen molar-refractivity contribution >= 4 is 43.9 Å². The van der Waals surface area contributed by atoms with Gasteiger partial charge in [0.2, 0.25) is 0 Å². The maximum Gasteiger partial charge on any atom is 0.310 e. The lowest BCUT2D eigenvalue weighted by atomic mass is 10.3. The van der Waals surface area contributed by atoms with E-state index in [9.17, 15) is 36.0 Å². The maximum atomic E-state index is 11.1. The Kier molecular flexibility index (Phi) is 5.14. The van der Waals surface area contributed by atoms with Gasteiger partial charge in [0.25, 0.3) is 43.9 Å². The first-order chi connectivity index (χ1) is 10.7. The van der Waals surface area contributed by atoms with Crippen LogP contribution in [0.3, 0.4) is 0 Å². The first-order valence-electron chi connectivity index (χ1n) is 5.72. The van der Waals surface area contributed by atoms with Gasteiger partial charge in [0.05, 0.1) is 6.42 Å². The number of imide groups is 2. The Morgan fingerprint density at radius 1 is 0.750 bits per heavy atom. The summed E-state index contributed by atoms with van der Waals surface area (Å²) in [4.78, 5) is 42.4. The summed E-state index contributed by atoms with van der Waals surface area (Å²) in [5.41, 5.74) is 0. The highest BCUT2D eigenvalue weighted by Crippen LogP contribution is 2.35. The SMILES string of the molecule is O=C1CC(S(=O)(=O)O)(S(=O)(=O)O)C(=O)N1O.O=C1CCC(=O)N1O. The van der Waals surface area contributed by atoms with Gasteiger partial charge in [-0.15, -0.1) is 0 Å². The van der Waals surface area contributed by atoms with Crippen molar-refractivity contribution in [1.29, 1.82) is 0 Å². The van der Waals surface area contributed by atoms with Crippen molar-refractivity contribution in [3.63, 3.8) is 0 Å². The summed E-state index contributed by atoms with van der Waals surface area (Å²) in [6, 6.07) is 0. The lowest BCUT2D eigenvalue weighted by molar-refractivity contribution is -0.172. The van der Waals surface area contributed by atoms with Crippen molar-refractivity contribution < 1.29 is 55.5 Å². The van der Waals surface area contributed by atoms with Crippen LogP contribution >= 0.6 is 0 Å². The van der Waals surface area contributed by atoms with Gasteiger partial charge < -0.3 is 0 Å². The van der Waals surface area contributed by atoms with Gasteiger partial charge in [0.1, 0.15) is 0 Å². The average molecular weight is 390 g/mol. The van der Waals surface area contributed by atoms with Crippen molar-refractivity contribution in [3.8, 4) is 0 Å². The number of carbonyl (C=O) groups excluding carboxylic acids is 4. The van der Waals surface area contributed by atoms with Crippen LogP contribution in [-0.2, 0) is 39.4 Å². The largest absolute Gasteiger partial charge is 0.310 e. The molecule has 4 N–H and O–H groups in total. The van der Waals surface area contributed by atoms with Crippen LogP contribution in [0.4, 0.5) is 0 Å². The highest BCUT2D eigenvalue weighted by molar-refractivity contribution is 8.06. The van der Waals surface area contributed by atoms with Crippen LogP contribution in [-0.4, -0.2) is 74.2 Å². The van der Waals surface area contributed by atoms with Gasteiger partial charge in [0, 0.05) is 12.8 Å². The molecule has 0 atom stereocenters. The fourth-order valence-corrected chi connectivity index (χ4v) is 4.02. The van der Waals surface area contributed by atoms with Gasteiger partial charge in [-0.3, -0.25) is 38.7 Å². The molecule has 0 unspecified atom stereocenters. The molecule has 24 heavy (non-hydrogen) atoms. The third-order valence-corrected chi connectivity index (χ3v) is 6.57. The number of hydroxylamine groups is 4. The molecular formula is C8H10N2O12S2. The minimum Gasteiger partial charge on any atom is -0.284 e. The quantitative estimate of drug-likeness (QED) is 0.212. The van der Waals surface area contributed by atoms with E-state index in [2.05, 4.69) is 0 Å². The molecule has 0 aromatic heterocycles. The van der Waals surface area contributed by atoms with Gasteiger partial charge in [-0.25, -0.2) is 0 Å². The fourth-order valence-electron chi connectivity index (χ4n) is 1.73. The summed E-state index contributed by atoms with van der Waals surface area (Å²) >= 11 is 0. The molecule has 0 saturated carbocycles. The number of hydrogen-bond donors (Lipinski definition) is 4. The van der Waals surface area contributed by atoms with Crippen molar-refractivity contribution in [2.45, 2.75) is 23.3 Å². The number of amides is 4. The van der Waals surface area contributed by atoms with E-state index in [1.54, 1.807) is 0 Å². The summed E-state index contributed by atoms with van der Waals surface area (Å²) in [7, 11) is -11.3. The van der Waals surface area contributed by atoms with E-state index < -0.39 is 59.4 Å². The molecule has 136 valence electrons. The molecule has 0 aliphatic carbocycles. The highest BCUT2D eigenvalue weighted by Gasteiger charge is 2.69. The second-order valence-corrected chi connectivity index (χ2v) is 8.04. The normalized spacial score (nSPS) is 21.2. The Morgan fingerprint density at radius 3 is 1.25 bits per heavy atom. The summed E-state index contributed by atoms with van der Waals surface area (Å²) in [5.74, 6) is -4.74. The van der Waals surface area contributed by atoms with Crippen LogP contribution in [0.25, 0.3) is 0 Å². The van der Waals surface area contributed by atoms with Crippen LogP contribution in [0.15, 0.2) is 0 Å². The number of hydrogen-bond acceptors (Lipinski definition) is 10. The molecule has 0 radical (unpaired) electrons. The molecule has 0 aromatic rings. The molecule has 14 nitrogen and oxygen atoms in total. The molecule has 2 aliphatic heterocycles. The summed E-state index contributed by atoms with van der Waals surface area (Å²) in [5, 5.41) is 16.5. The van der Waals surface area contributed by atoms with Gasteiger partial charge in [-0.05, 0) is 0 Å². The molecule has 0 bridgehead atoms. The van der Waals surface area contributed by atoms with Crippen molar-refractivity contribution in [2.75, 3.05) is 0 Å². The monoisotopic (exact) mass is 390 g/mol. The third-order valence-electron chi connectivity index (χ3n) is 3.00. The molecule has 16 heteroatoms. The summed E-state index contributed by atoms with van der Waals surface area (Å²) in [6.45, 7) is 0. The fraction of sp³-hybridized carbons (Fsp3) is 0.500. The Balaban J connectivity index is 0.000000300. The topological polar surface area (TPSA) is 224 Å². The van der Waals surface area contributed by atoms with E-state index >= 15 is 0 Å². The van der Waals surface area contributed by atoms with Crippen molar-refractivity contribution in [1.82, 2.24) is 10.1 Å². The Hall–Kier alpha value is -1.98. The molecule has 2 saturated heterocycles. The molecule has 2 fully saturated rings. The predicted octanol–water partition coefficient (Wildman–Crippen LogP) is -2.87. The Morgan fingerprint density at radius 2 is 1.12 bits per heavy atom. The molecule has 0 aromatic carbocycles. The maximum absolute atomic E-state index is 11.1. The van der Waals surface area contributed by atoms with Gasteiger partial charge in [-0.2, -0.15) is 27.0 Å². The zero-order valence-electron chi connectivity index (χ0n) is 11.4. The summed E-state index contributed by atoms with van der Waals surface area (Å²) in [6.07, 6.45) is -1.30. The van der Waals surface area contributed by atoms with Crippen LogP contribution < -0.4 is 0 Å². The second-order valence-electron chi connectivity index (χ2n) is 4.49. The predicted molar refractivity (Wildman–Crippen MR) is 67.0 cm³/mol. The third kappa shape index (κ3) is 3.14. The zero-order valence-corrected chi connectivity index (χ0v) is 13.0. The Bertz CT molecular complexity index is 764. The van der Waals surface area contributed by atoms with E-state index in [1.165, 1.54) is 0 Å². The smallest absolute Gasteiger partial charge is 0.284 e. The van der Waals surface area contributed by atoms with Crippen LogP contribution in [0.2, 0.25) is 0 Å². The van der Waals surface area contributed by atoms with Gasteiger partial charge in [-0.1, -0.05) is 0 Å². The first kappa shape index (κ1) is 20.1. The number of nitrogens with zero attached hydrogens (tertiary/aromatic N) is 2. The van der Waals surface area contributed by atoms with Crippen LogP contribution in [0, 0.1) is 0 Å². The summed E-state index contributed by atoms with van der Waals surface area (Å²) < 4.78 is 56.7. The molecule has 2 rings (SSSR count). The molecule has 4 amide bonds. The lowest BCUT2D eigenvalue weighted by Gasteiger charge is -2.17. The van der Waals surface area contributed by atoms with Crippen LogP contribution in [0.5, 0.6) is 0 Å². The van der Waals surface area contributed by atoms with E-state index in [1.807, 2.05) is 0 Å². The van der Waals surface area contributed by atoms with Crippen LogP contribution in [0.1, 0.15) is 19.3 Å². The molecular weight excluding hydrogens is 380 g/mol. The number of carbonyl (C=O) groups is 4. The zero-order chi connectivity index (χ0) is 19.1. The van der Waals surface area contributed by atoms with E-state index in [0.29, 0.717) is 0 Å².